The third kappa shape index (κ3) is 5.06. The van der Waals surface area contributed by atoms with Gasteiger partial charge in [-0.05, 0) is 63.0 Å². The van der Waals surface area contributed by atoms with Gasteiger partial charge in [0.05, 0.1) is 6.61 Å². The van der Waals surface area contributed by atoms with Crippen molar-refractivity contribution < 1.29 is 9.13 Å². The minimum Gasteiger partial charge on any atom is -0.384 e. The summed E-state index contributed by atoms with van der Waals surface area (Å²) in [6.07, 6.45) is 3.58. The Labute approximate surface area is 127 Å². The fourth-order valence-corrected chi connectivity index (χ4v) is 3.21. The zero-order valence-electron chi connectivity index (χ0n) is 13.1. The van der Waals surface area contributed by atoms with Crippen LogP contribution in [0.4, 0.5) is 4.39 Å². The molecule has 4 heteroatoms. The van der Waals surface area contributed by atoms with Crippen LogP contribution in [0.15, 0.2) is 24.3 Å². The first kappa shape index (κ1) is 16.4. The first-order chi connectivity index (χ1) is 10.2. The lowest BCUT2D eigenvalue weighted by atomic mass is 9.97. The molecule has 0 bridgehead atoms. The lowest BCUT2D eigenvalue weighted by Crippen LogP contribution is -2.38. The van der Waals surface area contributed by atoms with Gasteiger partial charge in [-0.25, -0.2) is 4.39 Å². The van der Waals surface area contributed by atoms with E-state index in [1.54, 1.807) is 7.11 Å². The van der Waals surface area contributed by atoms with E-state index in [4.69, 9.17) is 4.74 Å². The SMILES string of the molecule is CNC(CCN1CCCC(COC)C1)c1ccc(F)cc1. The van der Waals surface area contributed by atoms with E-state index in [1.807, 2.05) is 19.2 Å². The summed E-state index contributed by atoms with van der Waals surface area (Å²) in [6.45, 7) is 4.25. The summed E-state index contributed by atoms with van der Waals surface area (Å²) in [5.41, 5.74) is 1.16. The molecule has 0 aromatic heterocycles. The van der Waals surface area contributed by atoms with Gasteiger partial charge in [0.25, 0.3) is 0 Å². The standard InChI is InChI=1S/C17H27FN2O/c1-19-17(15-5-7-16(18)8-6-15)9-11-20-10-3-4-14(12-20)13-21-2/h5-8,14,17,19H,3-4,9-13H2,1-2H3. The van der Waals surface area contributed by atoms with Gasteiger partial charge >= 0.3 is 0 Å². The summed E-state index contributed by atoms with van der Waals surface area (Å²) < 4.78 is 18.3. The van der Waals surface area contributed by atoms with Gasteiger partial charge in [-0.15, -0.1) is 0 Å². The van der Waals surface area contributed by atoms with E-state index in [0.717, 1.165) is 31.7 Å². The fourth-order valence-electron chi connectivity index (χ4n) is 3.21. The van der Waals surface area contributed by atoms with Crippen molar-refractivity contribution in [3.05, 3.63) is 35.6 Å². The Morgan fingerprint density at radius 3 is 2.81 bits per heavy atom. The molecule has 0 saturated carbocycles. The average molecular weight is 294 g/mol. The van der Waals surface area contributed by atoms with Crippen molar-refractivity contribution in [1.29, 1.82) is 0 Å². The van der Waals surface area contributed by atoms with E-state index in [9.17, 15) is 4.39 Å². The molecule has 0 spiro atoms. The molecule has 21 heavy (non-hydrogen) atoms. The molecule has 118 valence electrons. The van der Waals surface area contributed by atoms with Crippen molar-refractivity contribution in [3.8, 4) is 0 Å². The number of nitrogens with zero attached hydrogens (tertiary/aromatic N) is 1. The molecule has 0 aliphatic carbocycles. The Bertz CT molecular complexity index is 408. The van der Waals surface area contributed by atoms with E-state index < -0.39 is 0 Å². The largest absolute Gasteiger partial charge is 0.384 e. The van der Waals surface area contributed by atoms with Gasteiger partial charge in [-0.2, -0.15) is 0 Å². The fraction of sp³-hybridized carbons (Fsp3) is 0.647. The van der Waals surface area contributed by atoms with Crippen LogP contribution < -0.4 is 5.32 Å². The van der Waals surface area contributed by atoms with Gasteiger partial charge < -0.3 is 15.0 Å². The molecule has 1 aromatic carbocycles. The molecule has 1 aromatic rings. The number of nitrogens with one attached hydrogen (secondary N) is 1. The number of piperidine rings is 1. The summed E-state index contributed by atoms with van der Waals surface area (Å²) in [4.78, 5) is 2.53. The van der Waals surface area contributed by atoms with Gasteiger partial charge in [-0.3, -0.25) is 0 Å². The number of halogens is 1. The molecule has 1 fully saturated rings. The molecule has 1 saturated heterocycles. The molecule has 1 aliphatic rings. The van der Waals surface area contributed by atoms with Crippen LogP contribution in [0.1, 0.15) is 30.9 Å². The second-order valence-corrected chi connectivity index (χ2v) is 5.95. The quantitative estimate of drug-likeness (QED) is 0.837. The van der Waals surface area contributed by atoms with E-state index in [-0.39, 0.29) is 11.9 Å². The van der Waals surface area contributed by atoms with Gasteiger partial charge in [0.2, 0.25) is 0 Å². The normalized spacial score (nSPS) is 21.4. The van der Waals surface area contributed by atoms with Crippen molar-refractivity contribution >= 4 is 0 Å². The van der Waals surface area contributed by atoms with Crippen LogP contribution in [0.25, 0.3) is 0 Å². The second kappa shape index (κ2) is 8.47. The highest BCUT2D eigenvalue weighted by Gasteiger charge is 2.20. The number of rotatable bonds is 7. The molecule has 2 rings (SSSR count). The van der Waals surface area contributed by atoms with Gasteiger partial charge in [-0.1, -0.05) is 12.1 Å². The number of likely N-dealkylation sites (tertiary alicyclic amines) is 1. The average Bonchev–Trinajstić information content (AvgIpc) is 2.50. The summed E-state index contributed by atoms with van der Waals surface area (Å²) in [7, 11) is 3.75. The zero-order valence-corrected chi connectivity index (χ0v) is 13.1. The second-order valence-electron chi connectivity index (χ2n) is 5.95. The van der Waals surface area contributed by atoms with Crippen LogP contribution in [-0.2, 0) is 4.74 Å². The predicted molar refractivity (Wildman–Crippen MR) is 83.9 cm³/mol. The third-order valence-corrected chi connectivity index (χ3v) is 4.36. The van der Waals surface area contributed by atoms with Crippen LogP contribution in [0.2, 0.25) is 0 Å². The van der Waals surface area contributed by atoms with Gasteiger partial charge in [0.15, 0.2) is 0 Å². The number of hydrogen-bond acceptors (Lipinski definition) is 3. The van der Waals surface area contributed by atoms with E-state index >= 15 is 0 Å². The van der Waals surface area contributed by atoms with Crippen LogP contribution in [0.3, 0.4) is 0 Å². The molecule has 1 aliphatic heterocycles. The maximum Gasteiger partial charge on any atom is 0.123 e. The van der Waals surface area contributed by atoms with Crippen molar-refractivity contribution in [2.45, 2.75) is 25.3 Å². The molecule has 1 heterocycles. The summed E-state index contributed by atoms with van der Waals surface area (Å²) in [5, 5.41) is 3.34. The molecule has 3 nitrogen and oxygen atoms in total. The highest BCUT2D eigenvalue weighted by atomic mass is 19.1. The lowest BCUT2D eigenvalue weighted by Gasteiger charge is -2.33. The van der Waals surface area contributed by atoms with Crippen LogP contribution >= 0.6 is 0 Å². The summed E-state index contributed by atoms with van der Waals surface area (Å²) >= 11 is 0. The minimum atomic E-state index is -0.174. The topological polar surface area (TPSA) is 24.5 Å². The van der Waals surface area contributed by atoms with E-state index in [0.29, 0.717) is 5.92 Å². The Balaban J connectivity index is 1.83. The molecular formula is C17H27FN2O. The molecule has 0 radical (unpaired) electrons. The number of hydrogen-bond donors (Lipinski definition) is 1. The maximum atomic E-state index is 13.0. The highest BCUT2D eigenvalue weighted by Crippen LogP contribution is 2.21. The molecule has 1 N–H and O–H groups in total. The van der Waals surface area contributed by atoms with Crippen LogP contribution in [0, 0.1) is 11.7 Å². The highest BCUT2D eigenvalue weighted by molar-refractivity contribution is 5.19. The number of ether oxygens (including phenoxy) is 1. The van der Waals surface area contributed by atoms with E-state index in [2.05, 4.69) is 10.2 Å². The summed E-state index contributed by atoms with van der Waals surface area (Å²) in [5.74, 6) is 0.495. The summed E-state index contributed by atoms with van der Waals surface area (Å²) in [6, 6.07) is 7.11. The van der Waals surface area contributed by atoms with Crippen molar-refractivity contribution in [2.75, 3.05) is 40.4 Å². The van der Waals surface area contributed by atoms with Crippen LogP contribution in [0.5, 0.6) is 0 Å². The Kier molecular flexibility index (Phi) is 6.61. The molecule has 0 amide bonds. The van der Waals surface area contributed by atoms with E-state index in [1.165, 1.54) is 31.5 Å². The number of benzene rings is 1. The number of methoxy groups -OCH3 is 1. The molecule has 2 unspecified atom stereocenters. The van der Waals surface area contributed by atoms with Gasteiger partial charge in [0, 0.05) is 19.7 Å². The Morgan fingerprint density at radius 1 is 1.38 bits per heavy atom. The van der Waals surface area contributed by atoms with Crippen molar-refractivity contribution in [3.63, 3.8) is 0 Å². The Hall–Kier alpha value is -0.970. The smallest absolute Gasteiger partial charge is 0.123 e. The molecular weight excluding hydrogens is 267 g/mol. The van der Waals surface area contributed by atoms with Crippen LogP contribution in [-0.4, -0.2) is 45.3 Å². The van der Waals surface area contributed by atoms with Gasteiger partial charge in [0.1, 0.15) is 5.82 Å². The minimum absolute atomic E-state index is 0.174. The van der Waals surface area contributed by atoms with Crippen molar-refractivity contribution in [2.24, 2.45) is 5.92 Å². The monoisotopic (exact) mass is 294 g/mol. The third-order valence-electron chi connectivity index (χ3n) is 4.36. The first-order valence-corrected chi connectivity index (χ1v) is 7.87. The first-order valence-electron chi connectivity index (χ1n) is 7.87. The van der Waals surface area contributed by atoms with Crippen molar-refractivity contribution in [1.82, 2.24) is 10.2 Å². The molecule has 2 atom stereocenters. The Morgan fingerprint density at radius 2 is 2.14 bits per heavy atom. The lowest BCUT2D eigenvalue weighted by molar-refractivity contribution is 0.0887. The zero-order chi connectivity index (χ0) is 15.1. The maximum absolute atomic E-state index is 13.0. The predicted octanol–water partition coefficient (Wildman–Crippen LogP) is 2.83.